The van der Waals surface area contributed by atoms with Crippen LogP contribution in [-0.4, -0.2) is 16.1 Å². The highest BCUT2D eigenvalue weighted by Gasteiger charge is 2.16. The molecule has 1 aromatic heterocycles. The summed E-state index contributed by atoms with van der Waals surface area (Å²) < 4.78 is 2.04. The highest BCUT2D eigenvalue weighted by molar-refractivity contribution is 5.64. The summed E-state index contributed by atoms with van der Waals surface area (Å²) >= 11 is 0. The fourth-order valence-electron chi connectivity index (χ4n) is 2.14. The van der Waals surface area contributed by atoms with Crippen molar-refractivity contribution in [2.75, 3.05) is 6.54 Å². The molecule has 2 rings (SSSR count). The summed E-state index contributed by atoms with van der Waals surface area (Å²) in [6.07, 6.45) is 3.92. The second-order valence-electron chi connectivity index (χ2n) is 6.07. The van der Waals surface area contributed by atoms with Gasteiger partial charge in [0.2, 0.25) is 0 Å². The van der Waals surface area contributed by atoms with Crippen LogP contribution in [0.15, 0.2) is 30.7 Å². The summed E-state index contributed by atoms with van der Waals surface area (Å²) in [4.78, 5) is 4.50. The molecule has 3 heteroatoms. The van der Waals surface area contributed by atoms with Crippen LogP contribution in [0.25, 0.3) is 11.3 Å². The summed E-state index contributed by atoms with van der Waals surface area (Å²) in [5.74, 6) is 0. The van der Waals surface area contributed by atoms with E-state index < -0.39 is 0 Å². The van der Waals surface area contributed by atoms with Gasteiger partial charge in [-0.1, -0.05) is 32.9 Å². The lowest BCUT2D eigenvalue weighted by Crippen LogP contribution is -2.11. The van der Waals surface area contributed by atoms with E-state index in [0.717, 1.165) is 12.2 Å². The number of benzene rings is 1. The van der Waals surface area contributed by atoms with Gasteiger partial charge in [-0.05, 0) is 29.5 Å². The zero-order chi connectivity index (χ0) is 14.0. The molecule has 0 radical (unpaired) electrons. The molecular weight excluding hydrogens is 234 g/mol. The summed E-state index contributed by atoms with van der Waals surface area (Å²) in [6, 6.07) is 6.64. The predicted molar refractivity (Wildman–Crippen MR) is 80.2 cm³/mol. The van der Waals surface area contributed by atoms with Crippen molar-refractivity contribution >= 4 is 0 Å². The number of nitrogens with two attached hydrogens (primary N) is 1. The molecule has 0 atom stereocenters. The summed E-state index contributed by atoms with van der Waals surface area (Å²) in [5, 5.41) is 0. The van der Waals surface area contributed by atoms with E-state index in [1.807, 2.05) is 10.9 Å². The Balaban J connectivity index is 2.42. The lowest BCUT2D eigenvalue weighted by molar-refractivity contribution is 0.590. The van der Waals surface area contributed by atoms with E-state index in [2.05, 4.69) is 57.1 Å². The Kier molecular flexibility index (Phi) is 3.76. The highest BCUT2D eigenvalue weighted by atomic mass is 15.0. The largest absolute Gasteiger partial charge is 0.336 e. The van der Waals surface area contributed by atoms with Crippen molar-refractivity contribution in [1.29, 1.82) is 0 Å². The van der Waals surface area contributed by atoms with E-state index >= 15 is 0 Å². The Hall–Kier alpha value is -1.61. The van der Waals surface area contributed by atoms with E-state index in [9.17, 15) is 0 Å². The molecule has 0 aliphatic carbocycles. The van der Waals surface area contributed by atoms with Crippen LogP contribution in [0.2, 0.25) is 0 Å². The molecule has 0 aliphatic rings. The van der Waals surface area contributed by atoms with Crippen LogP contribution in [0.3, 0.4) is 0 Å². The SMILES string of the molecule is Cc1ccc(C(C)(C)C)cc1-c1cn(CCN)cn1. The van der Waals surface area contributed by atoms with Crippen LogP contribution in [0, 0.1) is 6.92 Å². The van der Waals surface area contributed by atoms with Gasteiger partial charge < -0.3 is 10.3 Å². The minimum Gasteiger partial charge on any atom is -0.336 e. The normalized spacial score (nSPS) is 11.8. The molecule has 1 aromatic carbocycles. The van der Waals surface area contributed by atoms with Crippen LogP contribution in [0.4, 0.5) is 0 Å². The molecule has 0 aliphatic heterocycles. The number of hydrogen-bond acceptors (Lipinski definition) is 2. The molecule has 0 fully saturated rings. The van der Waals surface area contributed by atoms with Gasteiger partial charge in [0.05, 0.1) is 12.0 Å². The maximum absolute atomic E-state index is 5.57. The van der Waals surface area contributed by atoms with Crippen molar-refractivity contribution in [3.05, 3.63) is 41.9 Å². The van der Waals surface area contributed by atoms with Crippen LogP contribution >= 0.6 is 0 Å². The van der Waals surface area contributed by atoms with Gasteiger partial charge in [0.15, 0.2) is 0 Å². The average Bonchev–Trinajstić information content (AvgIpc) is 2.77. The van der Waals surface area contributed by atoms with Crippen molar-refractivity contribution in [2.45, 2.75) is 39.7 Å². The van der Waals surface area contributed by atoms with E-state index in [1.54, 1.807) is 0 Å². The van der Waals surface area contributed by atoms with Gasteiger partial charge in [-0.15, -0.1) is 0 Å². The monoisotopic (exact) mass is 257 g/mol. The third-order valence-corrected chi connectivity index (χ3v) is 3.40. The molecule has 2 aromatic rings. The van der Waals surface area contributed by atoms with Gasteiger partial charge in [0, 0.05) is 24.8 Å². The summed E-state index contributed by atoms with van der Waals surface area (Å²) in [6.45, 7) is 10.3. The molecule has 0 amide bonds. The van der Waals surface area contributed by atoms with Crippen molar-refractivity contribution in [1.82, 2.24) is 9.55 Å². The first-order valence-corrected chi connectivity index (χ1v) is 6.75. The summed E-state index contributed by atoms with van der Waals surface area (Å²) in [7, 11) is 0. The van der Waals surface area contributed by atoms with Crippen molar-refractivity contribution in [2.24, 2.45) is 5.73 Å². The zero-order valence-electron chi connectivity index (χ0n) is 12.3. The van der Waals surface area contributed by atoms with Gasteiger partial charge >= 0.3 is 0 Å². The van der Waals surface area contributed by atoms with Crippen molar-refractivity contribution in [3.8, 4) is 11.3 Å². The van der Waals surface area contributed by atoms with Gasteiger partial charge in [-0.25, -0.2) is 4.98 Å². The number of nitrogens with zero attached hydrogens (tertiary/aromatic N) is 2. The molecular formula is C16H23N3. The number of hydrogen-bond donors (Lipinski definition) is 1. The second kappa shape index (κ2) is 5.17. The van der Waals surface area contributed by atoms with Crippen LogP contribution < -0.4 is 5.73 Å². The first-order valence-electron chi connectivity index (χ1n) is 6.75. The van der Waals surface area contributed by atoms with Crippen molar-refractivity contribution < 1.29 is 0 Å². The Morgan fingerprint density at radius 1 is 1.26 bits per heavy atom. The third kappa shape index (κ3) is 3.04. The van der Waals surface area contributed by atoms with Crippen LogP contribution in [0.5, 0.6) is 0 Å². The van der Waals surface area contributed by atoms with Crippen LogP contribution in [0.1, 0.15) is 31.9 Å². The highest BCUT2D eigenvalue weighted by Crippen LogP contribution is 2.29. The fourth-order valence-corrected chi connectivity index (χ4v) is 2.14. The fraction of sp³-hybridized carbons (Fsp3) is 0.438. The quantitative estimate of drug-likeness (QED) is 0.918. The predicted octanol–water partition coefficient (Wildman–Crippen LogP) is 3.11. The lowest BCUT2D eigenvalue weighted by atomic mass is 9.85. The second-order valence-corrected chi connectivity index (χ2v) is 6.07. The third-order valence-electron chi connectivity index (χ3n) is 3.40. The number of rotatable bonds is 3. The molecule has 0 saturated heterocycles. The Bertz CT molecular complexity index is 562. The van der Waals surface area contributed by atoms with E-state index in [0.29, 0.717) is 6.54 Å². The molecule has 19 heavy (non-hydrogen) atoms. The molecule has 0 spiro atoms. The first kappa shape index (κ1) is 13.8. The van der Waals surface area contributed by atoms with Gasteiger partial charge in [0.1, 0.15) is 0 Å². The molecule has 3 nitrogen and oxygen atoms in total. The topological polar surface area (TPSA) is 43.8 Å². The first-order chi connectivity index (χ1) is 8.91. The Labute approximate surface area is 115 Å². The van der Waals surface area contributed by atoms with E-state index in [1.165, 1.54) is 16.7 Å². The Morgan fingerprint density at radius 3 is 2.63 bits per heavy atom. The molecule has 0 bridgehead atoms. The smallest absolute Gasteiger partial charge is 0.0954 e. The molecule has 0 saturated carbocycles. The summed E-state index contributed by atoms with van der Waals surface area (Å²) in [5.41, 5.74) is 10.6. The molecule has 2 N–H and O–H groups in total. The Morgan fingerprint density at radius 2 is 2.00 bits per heavy atom. The van der Waals surface area contributed by atoms with Crippen molar-refractivity contribution in [3.63, 3.8) is 0 Å². The lowest BCUT2D eigenvalue weighted by Gasteiger charge is -2.20. The maximum atomic E-state index is 5.57. The van der Waals surface area contributed by atoms with E-state index in [4.69, 9.17) is 5.73 Å². The zero-order valence-corrected chi connectivity index (χ0v) is 12.3. The van der Waals surface area contributed by atoms with Crippen LogP contribution in [-0.2, 0) is 12.0 Å². The van der Waals surface area contributed by atoms with Gasteiger partial charge in [-0.2, -0.15) is 0 Å². The van der Waals surface area contributed by atoms with Gasteiger partial charge in [-0.3, -0.25) is 0 Å². The molecule has 102 valence electrons. The number of aryl methyl sites for hydroxylation is 1. The van der Waals surface area contributed by atoms with E-state index in [-0.39, 0.29) is 5.41 Å². The maximum Gasteiger partial charge on any atom is 0.0954 e. The van der Waals surface area contributed by atoms with Gasteiger partial charge in [0.25, 0.3) is 0 Å². The molecule has 1 heterocycles. The number of imidazole rings is 1. The minimum atomic E-state index is 0.155. The molecule has 0 unspecified atom stereocenters. The number of aromatic nitrogens is 2. The average molecular weight is 257 g/mol. The minimum absolute atomic E-state index is 0.155. The standard InChI is InChI=1S/C16H23N3/c1-12-5-6-13(16(2,3)4)9-14(12)15-10-19(8-7-17)11-18-15/h5-6,9-11H,7-8,17H2,1-4H3.